The number of amides is 3. The van der Waals surface area contributed by atoms with Crippen molar-refractivity contribution >= 4 is 45.3 Å². The number of urea groups is 1. The van der Waals surface area contributed by atoms with Crippen LogP contribution >= 0.6 is 23.1 Å². The number of nitrogens with one attached hydrogen (secondary N) is 2. The van der Waals surface area contributed by atoms with Crippen molar-refractivity contribution in [3.05, 3.63) is 16.8 Å². The molecule has 0 saturated carbocycles. The average Bonchev–Trinajstić information content (AvgIpc) is 2.93. The third kappa shape index (κ3) is 3.95. The molecular formula is C17H22N4O2S2. The Kier molecular flexibility index (Phi) is 5.58. The maximum atomic E-state index is 12.2. The first kappa shape index (κ1) is 18.1. The molecule has 134 valence electrons. The van der Waals surface area contributed by atoms with Crippen LogP contribution in [0.25, 0.3) is 10.2 Å². The van der Waals surface area contributed by atoms with Crippen LogP contribution in [0.5, 0.6) is 0 Å². The molecule has 0 saturated heterocycles. The summed E-state index contributed by atoms with van der Waals surface area (Å²) in [6.07, 6.45) is 4.86. The number of rotatable bonds is 4. The fourth-order valence-electron chi connectivity index (χ4n) is 2.97. The summed E-state index contributed by atoms with van der Waals surface area (Å²) in [7, 11) is 0. The number of thioether (sulfide) groups is 1. The van der Waals surface area contributed by atoms with Crippen molar-refractivity contribution in [3.63, 3.8) is 0 Å². The minimum Gasteiger partial charge on any atom is -0.338 e. The Hall–Kier alpha value is -1.67. The van der Waals surface area contributed by atoms with Gasteiger partial charge in [-0.3, -0.25) is 10.1 Å². The molecule has 0 aliphatic heterocycles. The van der Waals surface area contributed by atoms with Crippen LogP contribution in [-0.2, 0) is 17.6 Å². The van der Waals surface area contributed by atoms with Gasteiger partial charge in [0.25, 0.3) is 0 Å². The third-order valence-electron chi connectivity index (χ3n) is 4.29. The molecule has 25 heavy (non-hydrogen) atoms. The highest BCUT2D eigenvalue weighted by atomic mass is 32.2. The minimum atomic E-state index is -0.463. The van der Waals surface area contributed by atoms with Gasteiger partial charge in [0.15, 0.2) is 0 Å². The van der Waals surface area contributed by atoms with Gasteiger partial charge in [-0.2, -0.15) is 0 Å². The van der Waals surface area contributed by atoms with Crippen molar-refractivity contribution in [2.24, 2.45) is 5.92 Å². The molecule has 2 atom stereocenters. The molecule has 3 rings (SSSR count). The number of nitrogens with zero attached hydrogens (tertiary/aromatic N) is 2. The molecule has 8 heteroatoms. The van der Waals surface area contributed by atoms with Crippen molar-refractivity contribution in [1.29, 1.82) is 0 Å². The molecule has 2 aromatic rings. The molecule has 0 unspecified atom stereocenters. The van der Waals surface area contributed by atoms with Gasteiger partial charge in [0, 0.05) is 16.8 Å². The largest absolute Gasteiger partial charge is 0.338 e. The lowest BCUT2D eigenvalue weighted by molar-refractivity contribution is -0.119. The van der Waals surface area contributed by atoms with E-state index in [2.05, 4.69) is 27.5 Å². The van der Waals surface area contributed by atoms with E-state index < -0.39 is 11.3 Å². The second-order valence-electron chi connectivity index (χ2n) is 6.32. The number of hydrogen-bond acceptors (Lipinski definition) is 6. The average molecular weight is 379 g/mol. The maximum absolute atomic E-state index is 12.2. The van der Waals surface area contributed by atoms with Crippen LogP contribution in [0.15, 0.2) is 11.4 Å². The monoisotopic (exact) mass is 378 g/mol. The van der Waals surface area contributed by atoms with E-state index in [-0.39, 0.29) is 5.91 Å². The van der Waals surface area contributed by atoms with Crippen LogP contribution in [0.4, 0.5) is 4.79 Å². The van der Waals surface area contributed by atoms with E-state index in [4.69, 9.17) is 0 Å². The quantitative estimate of drug-likeness (QED) is 0.631. The second kappa shape index (κ2) is 7.70. The molecule has 2 heterocycles. The molecule has 0 aromatic carbocycles. The van der Waals surface area contributed by atoms with Gasteiger partial charge >= 0.3 is 6.03 Å². The van der Waals surface area contributed by atoms with E-state index in [0.717, 1.165) is 28.1 Å². The lowest BCUT2D eigenvalue weighted by atomic mass is 9.89. The Morgan fingerprint density at radius 1 is 1.44 bits per heavy atom. The number of aromatic nitrogens is 2. The summed E-state index contributed by atoms with van der Waals surface area (Å²) in [6, 6.07) is -0.463. The van der Waals surface area contributed by atoms with Crippen LogP contribution < -0.4 is 10.6 Å². The van der Waals surface area contributed by atoms with E-state index in [1.54, 1.807) is 31.5 Å². The molecule has 0 fully saturated rings. The van der Waals surface area contributed by atoms with E-state index in [0.29, 0.717) is 12.5 Å². The highest BCUT2D eigenvalue weighted by Crippen LogP contribution is 2.41. The van der Waals surface area contributed by atoms with Crippen molar-refractivity contribution in [2.45, 2.75) is 50.3 Å². The van der Waals surface area contributed by atoms with E-state index >= 15 is 0 Å². The molecule has 1 aliphatic carbocycles. The fraction of sp³-hybridized carbons (Fsp3) is 0.529. The molecule has 3 amide bonds. The van der Waals surface area contributed by atoms with E-state index in [1.165, 1.54) is 28.6 Å². The second-order valence-corrected chi connectivity index (χ2v) is 8.73. The maximum Gasteiger partial charge on any atom is 0.321 e. The Labute approximate surface area is 155 Å². The van der Waals surface area contributed by atoms with Gasteiger partial charge in [0.2, 0.25) is 5.91 Å². The highest BCUT2D eigenvalue weighted by molar-refractivity contribution is 8.00. The number of fused-ring (bicyclic) bond motifs is 3. The van der Waals surface area contributed by atoms with Gasteiger partial charge in [-0.25, -0.2) is 14.8 Å². The predicted octanol–water partition coefficient (Wildman–Crippen LogP) is 3.14. The fourth-order valence-corrected chi connectivity index (χ4v) is 5.34. The first-order valence-corrected chi connectivity index (χ1v) is 10.2. The van der Waals surface area contributed by atoms with Crippen molar-refractivity contribution in [3.8, 4) is 0 Å². The normalized spacial score (nSPS) is 17.8. The number of aryl methyl sites for hydroxylation is 1. The van der Waals surface area contributed by atoms with E-state index in [1.807, 2.05) is 0 Å². The van der Waals surface area contributed by atoms with Crippen molar-refractivity contribution < 1.29 is 9.59 Å². The molecule has 0 spiro atoms. The number of imide groups is 1. The summed E-state index contributed by atoms with van der Waals surface area (Å²) < 4.78 is 0. The number of hydrogen-bond donors (Lipinski definition) is 2. The zero-order chi connectivity index (χ0) is 18.0. The van der Waals surface area contributed by atoms with Gasteiger partial charge in [-0.15, -0.1) is 11.3 Å². The molecule has 2 N–H and O–H groups in total. The number of carbonyl (C=O) groups excluding carboxylic acids is 2. The van der Waals surface area contributed by atoms with E-state index in [9.17, 15) is 9.59 Å². The Morgan fingerprint density at radius 2 is 2.24 bits per heavy atom. The third-order valence-corrected chi connectivity index (χ3v) is 6.55. The van der Waals surface area contributed by atoms with Crippen molar-refractivity contribution in [2.75, 3.05) is 6.54 Å². The topological polar surface area (TPSA) is 84.0 Å². The van der Waals surface area contributed by atoms with Crippen molar-refractivity contribution in [1.82, 2.24) is 20.6 Å². The van der Waals surface area contributed by atoms with Crippen LogP contribution in [0.3, 0.4) is 0 Å². The Bertz CT molecular complexity index is 805. The summed E-state index contributed by atoms with van der Waals surface area (Å²) in [5, 5.41) is 6.43. The van der Waals surface area contributed by atoms with Gasteiger partial charge < -0.3 is 5.32 Å². The summed E-state index contributed by atoms with van der Waals surface area (Å²) >= 11 is 3.12. The number of carbonyl (C=O) groups is 2. The van der Waals surface area contributed by atoms with Crippen LogP contribution in [0.2, 0.25) is 0 Å². The Morgan fingerprint density at radius 3 is 3.00 bits per heavy atom. The minimum absolute atomic E-state index is 0.319. The van der Waals surface area contributed by atoms with Crippen LogP contribution in [-0.4, -0.2) is 33.7 Å². The summed E-state index contributed by atoms with van der Waals surface area (Å²) in [5.74, 6) is 0.381. The van der Waals surface area contributed by atoms with Gasteiger partial charge in [0.05, 0.1) is 5.25 Å². The Balaban J connectivity index is 1.82. The van der Waals surface area contributed by atoms with Gasteiger partial charge in [0.1, 0.15) is 16.2 Å². The standard InChI is InChI=1S/C17H22N4O2S2/c1-4-18-17(23)21-14(22)10(3)24-15-13-11-6-5-9(2)7-12(11)25-16(13)20-8-19-15/h8-10H,4-7H2,1-3H3,(H2,18,21,22,23)/t9-,10-/m0/s1. The zero-order valence-corrected chi connectivity index (χ0v) is 16.2. The SMILES string of the molecule is CCNC(=O)NC(=O)[C@H](C)Sc1ncnc2sc3c(c12)CC[C@H](C)C3. The first-order valence-electron chi connectivity index (χ1n) is 8.50. The summed E-state index contributed by atoms with van der Waals surface area (Å²) in [6.45, 7) is 6.35. The molecule has 2 aromatic heterocycles. The summed E-state index contributed by atoms with van der Waals surface area (Å²) in [5.41, 5.74) is 1.34. The number of thiophene rings is 1. The molecule has 6 nitrogen and oxygen atoms in total. The molecule has 0 radical (unpaired) electrons. The smallest absolute Gasteiger partial charge is 0.321 e. The predicted molar refractivity (Wildman–Crippen MR) is 101 cm³/mol. The van der Waals surface area contributed by atoms with Gasteiger partial charge in [-0.05, 0) is 44.6 Å². The van der Waals surface area contributed by atoms with Crippen LogP contribution in [0.1, 0.15) is 37.6 Å². The molecule has 1 aliphatic rings. The first-order chi connectivity index (χ1) is 12.0. The lowest BCUT2D eigenvalue weighted by Gasteiger charge is -2.18. The molecular weight excluding hydrogens is 356 g/mol. The molecule has 0 bridgehead atoms. The highest BCUT2D eigenvalue weighted by Gasteiger charge is 2.25. The van der Waals surface area contributed by atoms with Crippen LogP contribution in [0, 0.1) is 5.92 Å². The lowest BCUT2D eigenvalue weighted by Crippen LogP contribution is -2.42. The summed E-state index contributed by atoms with van der Waals surface area (Å²) in [4.78, 5) is 35.0. The van der Waals surface area contributed by atoms with Gasteiger partial charge in [-0.1, -0.05) is 18.7 Å². The zero-order valence-electron chi connectivity index (χ0n) is 14.6.